The quantitative estimate of drug-likeness (QED) is 0.328. The smallest absolute Gasteiger partial charge is 0.317 e. The summed E-state index contributed by atoms with van der Waals surface area (Å²) in [7, 11) is 4.38. The molecule has 0 unspecified atom stereocenters. The van der Waals surface area contributed by atoms with E-state index in [4.69, 9.17) is 0 Å². The summed E-state index contributed by atoms with van der Waals surface area (Å²) in [5, 5.41) is 9.88. The minimum Gasteiger partial charge on any atom is -0.317 e. The Morgan fingerprint density at radius 1 is 1.17 bits per heavy atom. The van der Waals surface area contributed by atoms with Gasteiger partial charge >= 0.3 is 6.03 Å². The average molecular weight is 493 g/mol. The van der Waals surface area contributed by atoms with E-state index < -0.39 is 0 Å². The molecule has 1 aromatic rings. The predicted octanol–water partition coefficient (Wildman–Crippen LogP) is 6.36. The zero-order valence-corrected chi connectivity index (χ0v) is 22.8. The lowest BCUT2D eigenvalue weighted by Gasteiger charge is -2.51. The third-order valence-corrected chi connectivity index (χ3v) is 9.67. The van der Waals surface area contributed by atoms with Crippen molar-refractivity contribution in [1.29, 1.82) is 5.26 Å². The Morgan fingerprint density at radius 2 is 1.83 bits per heavy atom. The van der Waals surface area contributed by atoms with Gasteiger partial charge in [0.05, 0.1) is 17.7 Å². The molecule has 1 aromatic carbocycles. The van der Waals surface area contributed by atoms with Crippen molar-refractivity contribution in [2.45, 2.75) is 69.9 Å². The summed E-state index contributed by atoms with van der Waals surface area (Å²) in [6.45, 7) is 5.49. The van der Waals surface area contributed by atoms with Gasteiger partial charge in [-0.3, -0.25) is 9.80 Å². The molecule has 5 nitrogen and oxygen atoms in total. The highest BCUT2D eigenvalue weighted by atomic mass is 32.2. The summed E-state index contributed by atoms with van der Waals surface area (Å²) >= 11 is 1.63. The van der Waals surface area contributed by atoms with Gasteiger partial charge in [0.15, 0.2) is 0 Å². The molecular weight excluding hydrogens is 452 g/mol. The molecule has 35 heavy (non-hydrogen) atoms. The Balaban J connectivity index is 1.66. The van der Waals surface area contributed by atoms with E-state index in [9.17, 15) is 10.1 Å². The summed E-state index contributed by atoms with van der Waals surface area (Å²) in [6, 6.07) is 13.3. The van der Waals surface area contributed by atoms with Crippen LogP contribution in [0.15, 0.2) is 52.6 Å². The van der Waals surface area contributed by atoms with Crippen LogP contribution < -0.4 is 0 Å². The van der Waals surface area contributed by atoms with Crippen molar-refractivity contribution in [1.82, 2.24) is 14.7 Å². The lowest BCUT2D eigenvalue weighted by Crippen LogP contribution is -2.56. The summed E-state index contributed by atoms with van der Waals surface area (Å²) in [5.74, 6) is 0.615. The second-order valence-corrected chi connectivity index (χ2v) is 11.9. The van der Waals surface area contributed by atoms with E-state index in [0.717, 1.165) is 42.8 Å². The van der Waals surface area contributed by atoms with Crippen molar-refractivity contribution in [3.63, 3.8) is 0 Å². The van der Waals surface area contributed by atoms with E-state index in [-0.39, 0.29) is 17.1 Å². The van der Waals surface area contributed by atoms with E-state index >= 15 is 0 Å². The van der Waals surface area contributed by atoms with Gasteiger partial charge in [0.2, 0.25) is 0 Å². The molecule has 2 amide bonds. The molecule has 0 bridgehead atoms. The molecule has 3 aliphatic rings. The minimum absolute atomic E-state index is 0.00792. The number of nitriles is 1. The number of thioether (sulfide) groups is 1. The van der Waals surface area contributed by atoms with Gasteiger partial charge in [-0.1, -0.05) is 36.8 Å². The number of benzene rings is 1. The van der Waals surface area contributed by atoms with Gasteiger partial charge in [-0.2, -0.15) is 5.26 Å². The number of hydrogen-bond acceptors (Lipinski definition) is 4. The van der Waals surface area contributed by atoms with E-state index in [1.165, 1.54) is 24.8 Å². The highest BCUT2D eigenvalue weighted by molar-refractivity contribution is 8.02. The van der Waals surface area contributed by atoms with Crippen LogP contribution in [0.3, 0.4) is 0 Å². The Kier molecular flexibility index (Phi) is 7.68. The lowest BCUT2D eigenvalue weighted by atomic mass is 9.68. The molecule has 0 atom stereocenters. The first-order valence-corrected chi connectivity index (χ1v) is 14.1. The van der Waals surface area contributed by atoms with Crippen molar-refractivity contribution in [2.24, 2.45) is 5.92 Å². The van der Waals surface area contributed by atoms with E-state index in [1.54, 1.807) is 11.8 Å². The number of amides is 2. The number of allylic oxidation sites excluding steroid dienone is 4. The van der Waals surface area contributed by atoms with Crippen LogP contribution in [0.4, 0.5) is 4.79 Å². The van der Waals surface area contributed by atoms with Gasteiger partial charge in [-0.15, -0.1) is 11.8 Å². The largest absolute Gasteiger partial charge is 0.324 e. The maximum atomic E-state index is 13.9. The number of rotatable bonds is 7. The standard InChI is InChI=1S/C29H40N4OS/c1-22(35-5)18-25(19-30)23(2)32-21-28(33(27(32)34)20-24-10-9-11-24)14-16-29(17-15-28,31(3)4)26-12-7-6-8-13-26/h6-8,12-13,18,24H,9-11,14-17,20-21H2,1-5H3/b22-18+,25-23-/t28-,29+. The molecule has 0 aromatic heterocycles. The molecule has 1 spiro atoms. The second kappa shape index (κ2) is 10.4. The number of urea groups is 1. The first-order valence-electron chi connectivity index (χ1n) is 12.9. The van der Waals surface area contributed by atoms with E-state index in [1.807, 2.05) is 31.1 Å². The van der Waals surface area contributed by atoms with Crippen LogP contribution in [0.5, 0.6) is 0 Å². The van der Waals surface area contributed by atoms with Crippen LogP contribution in [-0.2, 0) is 5.54 Å². The van der Waals surface area contributed by atoms with Crippen LogP contribution >= 0.6 is 11.8 Å². The molecule has 0 N–H and O–H groups in total. The van der Waals surface area contributed by atoms with Gasteiger partial charge in [-0.25, -0.2) is 4.79 Å². The van der Waals surface area contributed by atoms with Crippen molar-refractivity contribution in [2.75, 3.05) is 33.4 Å². The zero-order chi connectivity index (χ0) is 25.2. The molecule has 4 rings (SSSR count). The number of carbonyl (C=O) groups excluding carboxylic acids is 1. The van der Waals surface area contributed by atoms with Gasteiger partial charge in [-0.05, 0) is 95.2 Å². The van der Waals surface area contributed by atoms with E-state index in [2.05, 4.69) is 60.3 Å². The van der Waals surface area contributed by atoms with E-state index in [0.29, 0.717) is 18.0 Å². The van der Waals surface area contributed by atoms with Gasteiger partial charge in [0, 0.05) is 17.8 Å². The lowest BCUT2D eigenvalue weighted by molar-refractivity contribution is 0.0162. The fourth-order valence-electron chi connectivity index (χ4n) is 6.19. The minimum atomic E-state index is -0.166. The molecule has 188 valence electrons. The molecule has 1 aliphatic heterocycles. The van der Waals surface area contributed by atoms with Gasteiger partial charge in [0.25, 0.3) is 0 Å². The molecular formula is C29H40N4OS. The summed E-state index contributed by atoms with van der Waals surface area (Å²) in [6.07, 6.45) is 11.6. The van der Waals surface area contributed by atoms with Crippen LogP contribution in [0.25, 0.3) is 0 Å². The van der Waals surface area contributed by atoms with Gasteiger partial charge in [0.1, 0.15) is 6.07 Å². The Bertz CT molecular complexity index is 1030. The molecule has 2 aliphatic carbocycles. The maximum Gasteiger partial charge on any atom is 0.324 e. The highest BCUT2D eigenvalue weighted by Crippen LogP contribution is 2.50. The Labute approximate surface area is 215 Å². The molecule has 2 saturated carbocycles. The first kappa shape index (κ1) is 25.9. The average Bonchev–Trinajstić information content (AvgIpc) is 3.11. The topological polar surface area (TPSA) is 50.6 Å². The molecule has 1 saturated heterocycles. The van der Waals surface area contributed by atoms with Crippen molar-refractivity contribution >= 4 is 17.8 Å². The molecule has 6 heteroatoms. The van der Waals surface area contributed by atoms with Crippen LogP contribution in [-0.4, -0.2) is 59.7 Å². The first-order chi connectivity index (χ1) is 16.8. The second-order valence-electron chi connectivity index (χ2n) is 10.9. The normalized spacial score (nSPS) is 28.4. The fourth-order valence-corrected chi connectivity index (χ4v) is 6.42. The molecule has 3 fully saturated rings. The van der Waals surface area contributed by atoms with Crippen molar-refractivity contribution in [3.05, 3.63) is 58.1 Å². The molecule has 1 heterocycles. The summed E-state index contributed by atoms with van der Waals surface area (Å²) < 4.78 is 0. The third-order valence-electron chi connectivity index (χ3n) is 8.91. The number of carbonyl (C=O) groups is 1. The maximum absolute atomic E-state index is 13.9. The number of nitrogens with zero attached hydrogens (tertiary/aromatic N) is 4. The van der Waals surface area contributed by atoms with Gasteiger partial charge < -0.3 is 4.90 Å². The predicted molar refractivity (Wildman–Crippen MR) is 145 cm³/mol. The van der Waals surface area contributed by atoms with Crippen LogP contribution in [0.1, 0.15) is 64.4 Å². The molecule has 0 radical (unpaired) electrons. The van der Waals surface area contributed by atoms with Crippen LogP contribution in [0.2, 0.25) is 0 Å². The van der Waals surface area contributed by atoms with Crippen LogP contribution in [0, 0.1) is 17.2 Å². The Morgan fingerprint density at radius 3 is 2.34 bits per heavy atom. The zero-order valence-electron chi connectivity index (χ0n) is 22.0. The number of hydrogen-bond donors (Lipinski definition) is 0. The van der Waals surface area contributed by atoms with Crippen molar-refractivity contribution in [3.8, 4) is 6.07 Å². The fraction of sp³-hybridized carbons (Fsp3) is 0.586. The summed E-state index contributed by atoms with van der Waals surface area (Å²) in [5.41, 5.74) is 2.57. The third kappa shape index (κ3) is 4.78. The monoisotopic (exact) mass is 492 g/mol. The SMILES string of the molecule is CS/C(C)=C/C(C#N)=C(\C)N1C[C@]2(CC[C@](c3ccccc3)(N(C)C)CC2)N(CC2CCC2)C1=O. The Hall–Kier alpha value is -2.23. The van der Waals surface area contributed by atoms with Crippen molar-refractivity contribution < 1.29 is 4.79 Å². The highest BCUT2D eigenvalue weighted by Gasteiger charge is 2.55. The summed E-state index contributed by atoms with van der Waals surface area (Å²) in [4.78, 5) is 21.5.